The van der Waals surface area contributed by atoms with Crippen molar-refractivity contribution in [1.29, 1.82) is 0 Å². The van der Waals surface area contributed by atoms with Crippen molar-refractivity contribution in [3.8, 4) is 0 Å². The van der Waals surface area contributed by atoms with Crippen LogP contribution in [0.15, 0.2) is 34.3 Å². The Kier molecular flexibility index (Phi) is 7.61. The summed E-state index contributed by atoms with van der Waals surface area (Å²) in [6.07, 6.45) is 8.45. The Morgan fingerprint density at radius 3 is 2.39 bits per heavy atom. The number of non-ortho nitro benzene ring substituents is 1. The molecule has 2 aliphatic heterocycles. The van der Waals surface area contributed by atoms with Gasteiger partial charge in [0, 0.05) is 23.6 Å². The van der Waals surface area contributed by atoms with E-state index in [0.29, 0.717) is 11.2 Å². The summed E-state index contributed by atoms with van der Waals surface area (Å²) < 4.78 is 0. The third-order valence-corrected chi connectivity index (χ3v) is 7.04. The minimum atomic E-state index is -0.404. The second-order valence-corrected chi connectivity index (χ2v) is 9.40. The summed E-state index contributed by atoms with van der Waals surface area (Å²) in [7, 11) is 0. The molecule has 0 amide bonds. The van der Waals surface area contributed by atoms with Crippen LogP contribution in [0.5, 0.6) is 0 Å². The highest BCUT2D eigenvalue weighted by atomic mass is 32.2. The molecule has 0 radical (unpaired) electrons. The van der Waals surface area contributed by atoms with Gasteiger partial charge in [-0.1, -0.05) is 67.8 Å². The number of aliphatic imine (C=N–C) groups is 2. The molecule has 0 bridgehead atoms. The van der Waals surface area contributed by atoms with E-state index in [1.165, 1.54) is 56.4 Å². The predicted octanol–water partition coefficient (Wildman–Crippen LogP) is 4.08. The molecule has 9 heteroatoms. The van der Waals surface area contributed by atoms with Crippen LogP contribution in [-0.2, 0) is 0 Å². The van der Waals surface area contributed by atoms with Crippen molar-refractivity contribution in [3.05, 3.63) is 39.9 Å². The van der Waals surface area contributed by atoms with Gasteiger partial charge in [-0.15, -0.1) is 0 Å². The molecule has 28 heavy (non-hydrogen) atoms. The number of rotatable bonds is 4. The third kappa shape index (κ3) is 6.13. The van der Waals surface area contributed by atoms with Crippen molar-refractivity contribution in [3.63, 3.8) is 0 Å². The zero-order valence-electron chi connectivity index (χ0n) is 15.8. The van der Waals surface area contributed by atoms with Gasteiger partial charge in [-0.2, -0.15) is 0 Å². The smallest absolute Gasteiger partial charge is 0.269 e. The maximum absolute atomic E-state index is 10.6. The molecule has 0 aromatic heterocycles. The summed E-state index contributed by atoms with van der Waals surface area (Å²) in [5, 5.41) is 11.9. The highest BCUT2D eigenvalue weighted by molar-refractivity contribution is 8.14. The van der Waals surface area contributed by atoms with Crippen molar-refractivity contribution in [2.75, 3.05) is 11.5 Å². The van der Waals surface area contributed by atoms with E-state index in [1.807, 2.05) is 6.07 Å². The largest absolute Gasteiger partial charge is 0.379 e. The van der Waals surface area contributed by atoms with E-state index < -0.39 is 4.92 Å². The Labute approximate surface area is 174 Å². The third-order valence-electron chi connectivity index (χ3n) is 5.20. The van der Waals surface area contributed by atoms with E-state index in [9.17, 15) is 10.1 Å². The summed E-state index contributed by atoms with van der Waals surface area (Å²) in [5.74, 6) is 2.82. The number of amidine groups is 2. The Hall–Kier alpha value is -1.74. The van der Waals surface area contributed by atoms with Gasteiger partial charge in [-0.3, -0.25) is 20.1 Å². The number of nitrogens with two attached hydrogens (primary N) is 2. The minimum Gasteiger partial charge on any atom is -0.379 e. The monoisotopic (exact) mass is 421 g/mol. The van der Waals surface area contributed by atoms with Crippen LogP contribution in [0.2, 0.25) is 0 Å². The first-order chi connectivity index (χ1) is 13.5. The van der Waals surface area contributed by atoms with Gasteiger partial charge in [-0.05, 0) is 17.9 Å². The molecule has 3 aliphatic rings. The summed E-state index contributed by atoms with van der Waals surface area (Å²) in [4.78, 5) is 18.8. The number of benzene rings is 1. The zero-order valence-corrected chi connectivity index (χ0v) is 17.5. The van der Waals surface area contributed by atoms with Crippen LogP contribution in [0.3, 0.4) is 0 Å². The number of nitrogens with zero attached hydrogens (tertiary/aromatic N) is 3. The Morgan fingerprint density at radius 1 is 1.07 bits per heavy atom. The molecule has 1 aliphatic carbocycles. The average molecular weight is 422 g/mol. The zero-order chi connectivity index (χ0) is 19.9. The van der Waals surface area contributed by atoms with E-state index >= 15 is 0 Å². The Balaban J connectivity index is 0.000000162. The van der Waals surface area contributed by atoms with E-state index in [4.69, 9.17) is 11.5 Å². The van der Waals surface area contributed by atoms with E-state index in [2.05, 4.69) is 9.98 Å². The lowest BCUT2D eigenvalue weighted by Crippen LogP contribution is -2.15. The van der Waals surface area contributed by atoms with E-state index in [1.54, 1.807) is 23.9 Å². The van der Waals surface area contributed by atoms with Gasteiger partial charge >= 0.3 is 0 Å². The first-order valence-electron chi connectivity index (χ1n) is 9.67. The fourth-order valence-electron chi connectivity index (χ4n) is 3.77. The quantitative estimate of drug-likeness (QED) is 0.558. The van der Waals surface area contributed by atoms with Crippen LogP contribution < -0.4 is 11.5 Å². The fraction of sp³-hybridized carbons (Fsp3) is 0.579. The summed E-state index contributed by atoms with van der Waals surface area (Å²) in [6, 6.07) is 7.01. The normalized spacial score (nSPS) is 24.9. The molecule has 1 fully saturated rings. The van der Waals surface area contributed by atoms with Crippen LogP contribution in [0.25, 0.3) is 0 Å². The van der Waals surface area contributed by atoms with E-state index in [-0.39, 0.29) is 11.7 Å². The number of nitro benzene ring substituents is 1. The molecule has 2 heterocycles. The van der Waals surface area contributed by atoms with Crippen LogP contribution in [0.1, 0.15) is 50.1 Å². The molecule has 1 aromatic rings. The molecule has 2 atom stereocenters. The maximum Gasteiger partial charge on any atom is 0.269 e. The van der Waals surface area contributed by atoms with Gasteiger partial charge < -0.3 is 11.5 Å². The molecule has 0 spiro atoms. The summed E-state index contributed by atoms with van der Waals surface area (Å²) in [5.41, 5.74) is 12.1. The first-order valence-corrected chi connectivity index (χ1v) is 11.6. The molecular weight excluding hydrogens is 394 g/mol. The molecule has 4 N–H and O–H groups in total. The van der Waals surface area contributed by atoms with Crippen LogP contribution in [-0.4, -0.2) is 32.8 Å². The van der Waals surface area contributed by atoms with Gasteiger partial charge in [0.05, 0.1) is 17.0 Å². The van der Waals surface area contributed by atoms with Crippen molar-refractivity contribution in [1.82, 2.24) is 0 Å². The fourth-order valence-corrected chi connectivity index (χ4v) is 5.37. The van der Waals surface area contributed by atoms with Gasteiger partial charge in [0.15, 0.2) is 10.3 Å². The minimum absolute atomic E-state index is 0.0464. The Bertz CT molecular complexity index is 750. The number of nitro groups is 1. The lowest BCUT2D eigenvalue weighted by molar-refractivity contribution is -0.384. The van der Waals surface area contributed by atoms with E-state index in [0.717, 1.165) is 28.2 Å². The standard InChI is InChI=1S/C10H18N2S.C9H9N3O2S/c11-10-12-9(7-13-10)6-8-4-2-1-3-5-8;10-9-11-8(5-15-9)6-2-1-3-7(4-6)12(13)14/h8-9H,1-7H2,(H2,11,12);1-4,8H,5H2,(H2,10,11)/t9-;8-/m10/s1. The first kappa shape index (κ1) is 21.0. The average Bonchev–Trinajstić information content (AvgIpc) is 3.31. The Morgan fingerprint density at radius 2 is 1.79 bits per heavy atom. The van der Waals surface area contributed by atoms with Gasteiger partial charge in [-0.25, -0.2) is 0 Å². The van der Waals surface area contributed by atoms with Crippen LogP contribution >= 0.6 is 23.5 Å². The van der Waals surface area contributed by atoms with Gasteiger partial charge in [0.1, 0.15) is 0 Å². The van der Waals surface area contributed by atoms with Crippen molar-refractivity contribution in [2.24, 2.45) is 27.4 Å². The molecule has 1 aromatic carbocycles. The molecule has 7 nitrogen and oxygen atoms in total. The maximum atomic E-state index is 10.6. The van der Waals surface area contributed by atoms with Crippen LogP contribution in [0, 0.1) is 16.0 Å². The molecule has 0 unspecified atom stereocenters. The lowest BCUT2D eigenvalue weighted by Gasteiger charge is -2.22. The summed E-state index contributed by atoms with van der Waals surface area (Å²) >= 11 is 3.19. The highest BCUT2D eigenvalue weighted by Crippen LogP contribution is 2.31. The number of hydrogen-bond acceptors (Lipinski definition) is 8. The second kappa shape index (κ2) is 10.2. The molecule has 4 rings (SSSR count). The molecule has 1 saturated carbocycles. The molecular formula is C19H27N5O2S2. The molecule has 0 saturated heterocycles. The van der Waals surface area contributed by atoms with Crippen molar-refractivity contribution >= 4 is 39.5 Å². The van der Waals surface area contributed by atoms with Gasteiger partial charge in [0.2, 0.25) is 0 Å². The van der Waals surface area contributed by atoms with Crippen molar-refractivity contribution < 1.29 is 4.92 Å². The highest BCUT2D eigenvalue weighted by Gasteiger charge is 2.22. The van der Waals surface area contributed by atoms with Gasteiger partial charge in [0.25, 0.3) is 5.69 Å². The van der Waals surface area contributed by atoms with Crippen LogP contribution in [0.4, 0.5) is 5.69 Å². The number of thioether (sulfide) groups is 2. The van der Waals surface area contributed by atoms with Crippen molar-refractivity contribution in [2.45, 2.75) is 50.6 Å². The second-order valence-electron chi connectivity index (χ2n) is 7.32. The topological polar surface area (TPSA) is 120 Å². The lowest BCUT2D eigenvalue weighted by atomic mass is 9.85. The summed E-state index contributed by atoms with van der Waals surface area (Å²) in [6.45, 7) is 0. The number of hydrogen-bond donors (Lipinski definition) is 2. The molecule has 152 valence electrons. The predicted molar refractivity (Wildman–Crippen MR) is 119 cm³/mol. The SMILES string of the molecule is NC1=N[C@H](CC2CCCCC2)CS1.NC1=N[C@H](c2cccc([N+](=O)[O-])c2)CS1.